The zero-order valence-corrected chi connectivity index (χ0v) is 17.5. The van der Waals surface area contributed by atoms with E-state index in [2.05, 4.69) is 10.1 Å². The first-order valence-corrected chi connectivity index (χ1v) is 10.3. The van der Waals surface area contributed by atoms with E-state index in [0.29, 0.717) is 6.07 Å². The van der Waals surface area contributed by atoms with Gasteiger partial charge in [0.05, 0.1) is 5.41 Å². The molecule has 0 aromatic heterocycles. The third-order valence-electron chi connectivity index (χ3n) is 4.05. The minimum atomic E-state index is -6.06. The summed E-state index contributed by atoms with van der Waals surface area (Å²) in [5, 5.41) is 2.44. The average Bonchev–Trinajstić information content (AvgIpc) is 2.68. The quantitative estimate of drug-likeness (QED) is 0.519. The number of anilines is 2. The molecule has 0 saturated heterocycles. The Bertz CT molecular complexity index is 1070. The first kappa shape index (κ1) is 25.3. The van der Waals surface area contributed by atoms with Crippen molar-refractivity contribution in [1.82, 2.24) is 0 Å². The van der Waals surface area contributed by atoms with E-state index < -0.39 is 50.9 Å². The smallest absolute Gasteiger partial charge is 0.424 e. The van der Waals surface area contributed by atoms with Gasteiger partial charge >= 0.3 is 12.3 Å². The molecule has 0 aliphatic carbocycles. The minimum absolute atomic E-state index is 0.0925. The predicted molar refractivity (Wildman–Crippen MR) is 104 cm³/mol. The second kappa shape index (κ2) is 8.88. The van der Waals surface area contributed by atoms with E-state index in [-0.39, 0.29) is 11.4 Å². The van der Waals surface area contributed by atoms with Gasteiger partial charge in [-0.3, -0.25) is 9.52 Å². The number of halogens is 6. The highest BCUT2D eigenvalue weighted by Gasteiger charge is 2.61. The average molecular weight is 484 g/mol. The molecule has 0 atom stereocenters. The molecule has 13 heteroatoms. The highest BCUT2D eigenvalue weighted by molar-refractivity contribution is 7.92. The number of carbonyl (C=O) groups is 1. The van der Waals surface area contributed by atoms with Crippen LogP contribution in [0.15, 0.2) is 53.4 Å². The van der Waals surface area contributed by atoms with Gasteiger partial charge in [-0.2, -0.15) is 22.0 Å². The molecule has 0 heterocycles. The topological polar surface area (TPSA) is 84.5 Å². The normalized spacial score (nSPS) is 12.9. The van der Waals surface area contributed by atoms with Crippen molar-refractivity contribution < 1.29 is 44.3 Å². The van der Waals surface area contributed by atoms with Gasteiger partial charge in [0.2, 0.25) is 5.91 Å². The summed E-state index contributed by atoms with van der Waals surface area (Å²) in [4.78, 5) is 11.0. The molecule has 6 nitrogen and oxygen atoms in total. The van der Waals surface area contributed by atoms with Gasteiger partial charge in [0.1, 0.15) is 17.3 Å². The van der Waals surface area contributed by atoms with E-state index in [1.165, 1.54) is 38.1 Å². The summed E-state index contributed by atoms with van der Waals surface area (Å²) in [6.07, 6.45) is -11.7. The van der Waals surface area contributed by atoms with Crippen LogP contribution >= 0.6 is 0 Å². The van der Waals surface area contributed by atoms with Crippen molar-refractivity contribution in [3.8, 4) is 5.75 Å². The number of alkyl halides is 6. The number of hydrogen-bond acceptors (Lipinski definition) is 4. The van der Waals surface area contributed by atoms with Gasteiger partial charge in [-0.1, -0.05) is 12.1 Å². The zero-order chi connectivity index (χ0) is 24.4. The fourth-order valence-electron chi connectivity index (χ4n) is 2.15. The molecule has 0 bridgehead atoms. The van der Waals surface area contributed by atoms with Gasteiger partial charge in [0, 0.05) is 11.4 Å². The highest BCUT2D eigenvalue weighted by Crippen LogP contribution is 2.39. The highest BCUT2D eigenvalue weighted by atomic mass is 32.2. The molecule has 1 amide bonds. The molecule has 0 saturated carbocycles. The molecule has 0 unspecified atom stereocenters. The zero-order valence-electron chi connectivity index (χ0n) is 16.6. The predicted octanol–water partition coefficient (Wildman–Crippen LogP) is 4.96. The van der Waals surface area contributed by atoms with Crippen LogP contribution in [0.2, 0.25) is 0 Å². The van der Waals surface area contributed by atoms with E-state index in [9.17, 15) is 39.6 Å². The third kappa shape index (κ3) is 5.84. The Morgan fingerprint density at radius 1 is 0.938 bits per heavy atom. The third-order valence-corrected chi connectivity index (χ3v) is 5.47. The lowest BCUT2D eigenvalue weighted by molar-refractivity contribution is -0.361. The maximum atomic E-state index is 13.2. The van der Waals surface area contributed by atoms with Gasteiger partial charge in [-0.05, 0) is 50.2 Å². The second-order valence-corrected chi connectivity index (χ2v) is 8.87. The Kier molecular flexibility index (Phi) is 7.02. The van der Waals surface area contributed by atoms with Crippen LogP contribution in [0.5, 0.6) is 5.75 Å². The monoisotopic (exact) mass is 484 g/mol. The Morgan fingerprint density at radius 3 is 2.00 bits per heavy atom. The number of ether oxygens (including phenoxy) is 1. The van der Waals surface area contributed by atoms with Crippen LogP contribution in [0, 0.1) is 5.41 Å². The molecular weight excluding hydrogens is 466 g/mol. The number of benzene rings is 2. The Hall–Kier alpha value is -2.96. The van der Waals surface area contributed by atoms with Crippen LogP contribution < -0.4 is 14.8 Å². The van der Waals surface area contributed by atoms with Crippen molar-refractivity contribution in [1.29, 1.82) is 0 Å². The molecule has 0 spiro atoms. The number of para-hydroxylation sites is 1. The Labute approximate surface area is 179 Å². The van der Waals surface area contributed by atoms with Gasteiger partial charge in [-0.25, -0.2) is 12.8 Å². The molecule has 2 aromatic rings. The molecule has 2 aromatic carbocycles. The van der Waals surface area contributed by atoms with Crippen molar-refractivity contribution >= 4 is 27.3 Å². The fourth-order valence-corrected chi connectivity index (χ4v) is 3.33. The summed E-state index contributed by atoms with van der Waals surface area (Å²) in [5.41, 5.74) is -1.17. The standard InChI is InChI=1S/C19H18F6N2O4S/c1-17(2,11-20)16(28)26-12-7-9-13(10-8-12)27-32(29,30)15-6-4-3-5-14(15)31-19(24,25)18(21,22)23/h3-10,27H,11H2,1-2H3,(H,26,28). The molecule has 0 radical (unpaired) electrons. The lowest BCUT2D eigenvalue weighted by atomic mass is 9.94. The second-order valence-electron chi connectivity index (χ2n) is 7.22. The van der Waals surface area contributed by atoms with E-state index >= 15 is 0 Å². The summed E-state index contributed by atoms with van der Waals surface area (Å²) >= 11 is 0. The summed E-state index contributed by atoms with van der Waals surface area (Å²) in [5.74, 6) is -1.83. The van der Waals surface area contributed by atoms with E-state index in [0.717, 1.165) is 18.2 Å². The largest absolute Gasteiger partial charge is 0.499 e. The first-order chi connectivity index (χ1) is 14.6. The van der Waals surface area contributed by atoms with Gasteiger partial charge in [-0.15, -0.1) is 0 Å². The molecule has 2 N–H and O–H groups in total. The number of rotatable bonds is 8. The van der Waals surface area contributed by atoms with Crippen LogP contribution in [0.25, 0.3) is 0 Å². The number of amides is 1. The van der Waals surface area contributed by atoms with Gasteiger partial charge < -0.3 is 10.1 Å². The molecule has 0 fully saturated rings. The van der Waals surface area contributed by atoms with Gasteiger partial charge in [0.15, 0.2) is 0 Å². The molecule has 0 aliphatic heterocycles. The van der Waals surface area contributed by atoms with Crippen molar-refractivity contribution in [3.63, 3.8) is 0 Å². The van der Waals surface area contributed by atoms with E-state index in [4.69, 9.17) is 0 Å². The van der Waals surface area contributed by atoms with E-state index in [1.807, 2.05) is 4.72 Å². The molecular formula is C19H18F6N2O4S. The van der Waals surface area contributed by atoms with E-state index in [1.54, 1.807) is 0 Å². The number of hydrogen-bond donors (Lipinski definition) is 2. The summed E-state index contributed by atoms with van der Waals surface area (Å²) in [6, 6.07) is 8.54. The summed E-state index contributed by atoms with van der Waals surface area (Å²) < 4.78 is 107. The number of sulfonamides is 1. The fraction of sp³-hybridized carbons (Fsp3) is 0.316. The maximum absolute atomic E-state index is 13.2. The Morgan fingerprint density at radius 2 is 1.47 bits per heavy atom. The molecule has 0 aliphatic rings. The molecule has 176 valence electrons. The first-order valence-electron chi connectivity index (χ1n) is 8.82. The minimum Gasteiger partial charge on any atom is -0.424 e. The molecule has 32 heavy (non-hydrogen) atoms. The number of carbonyl (C=O) groups excluding carboxylic acids is 1. The van der Waals surface area contributed by atoms with Crippen LogP contribution in [0.4, 0.5) is 37.7 Å². The van der Waals surface area contributed by atoms with Crippen molar-refractivity contribution in [3.05, 3.63) is 48.5 Å². The van der Waals surface area contributed by atoms with Crippen molar-refractivity contribution in [2.45, 2.75) is 31.0 Å². The lowest BCUT2D eigenvalue weighted by Gasteiger charge is -2.22. The number of nitrogens with one attached hydrogen (secondary N) is 2. The van der Waals surface area contributed by atoms with Crippen molar-refractivity contribution in [2.75, 3.05) is 16.7 Å². The summed E-state index contributed by atoms with van der Waals surface area (Å²) in [7, 11) is -4.64. The van der Waals surface area contributed by atoms with Crippen LogP contribution in [0.1, 0.15) is 13.8 Å². The molecule has 2 rings (SSSR count). The summed E-state index contributed by atoms with van der Waals surface area (Å²) in [6.45, 7) is 1.85. The van der Waals surface area contributed by atoms with Crippen LogP contribution in [0.3, 0.4) is 0 Å². The maximum Gasteiger partial charge on any atom is 0.499 e. The lowest BCUT2D eigenvalue weighted by Crippen LogP contribution is -2.42. The van der Waals surface area contributed by atoms with Crippen LogP contribution in [-0.4, -0.2) is 33.3 Å². The van der Waals surface area contributed by atoms with Crippen molar-refractivity contribution in [2.24, 2.45) is 5.41 Å². The van der Waals surface area contributed by atoms with Gasteiger partial charge in [0.25, 0.3) is 10.0 Å². The SMILES string of the molecule is CC(C)(CF)C(=O)Nc1ccc(NS(=O)(=O)c2ccccc2OC(F)(F)C(F)(F)F)cc1. The van der Waals surface area contributed by atoms with Crippen LogP contribution in [-0.2, 0) is 14.8 Å². The Balaban J connectivity index is 2.24.